The molecule has 0 saturated carbocycles. The number of carbonyl (C=O) groups is 1. The highest BCUT2D eigenvalue weighted by molar-refractivity contribution is 7.18. The van der Waals surface area contributed by atoms with Crippen molar-refractivity contribution in [2.75, 3.05) is 44.3 Å². The Bertz CT molecular complexity index is 1330. The van der Waals surface area contributed by atoms with Crippen LogP contribution in [0.2, 0.25) is 0 Å². The zero-order chi connectivity index (χ0) is 23.8. The molecule has 3 aromatic heterocycles. The SMILES string of the molecule is CCn1c(=O)[nH]c2cc(CN3CCN(c4ccc(C(=O)NC5COC5)nc4C)CC3)sc2c1=O. The number of nitrogens with one attached hydrogen (secondary N) is 2. The summed E-state index contributed by atoms with van der Waals surface area (Å²) in [7, 11) is 0. The molecule has 2 aliphatic rings. The lowest BCUT2D eigenvalue weighted by Crippen LogP contribution is -2.48. The van der Waals surface area contributed by atoms with Gasteiger partial charge in [-0.1, -0.05) is 0 Å². The maximum absolute atomic E-state index is 12.6. The second-order valence-electron chi connectivity index (χ2n) is 8.71. The number of hydrogen-bond donors (Lipinski definition) is 2. The predicted octanol–water partition coefficient (Wildman–Crippen LogP) is 0.925. The van der Waals surface area contributed by atoms with Gasteiger partial charge in [-0.15, -0.1) is 11.3 Å². The molecule has 5 rings (SSSR count). The highest BCUT2D eigenvalue weighted by Crippen LogP contribution is 2.24. The van der Waals surface area contributed by atoms with E-state index >= 15 is 0 Å². The van der Waals surface area contributed by atoms with Gasteiger partial charge >= 0.3 is 5.69 Å². The van der Waals surface area contributed by atoms with Crippen LogP contribution < -0.4 is 21.5 Å². The van der Waals surface area contributed by atoms with E-state index in [0.29, 0.717) is 35.7 Å². The molecule has 2 fully saturated rings. The quantitative estimate of drug-likeness (QED) is 0.535. The maximum atomic E-state index is 12.6. The van der Waals surface area contributed by atoms with Gasteiger partial charge in [-0.2, -0.15) is 0 Å². The van der Waals surface area contributed by atoms with Gasteiger partial charge in [0.2, 0.25) is 0 Å². The molecule has 11 heteroatoms. The van der Waals surface area contributed by atoms with Gasteiger partial charge < -0.3 is 19.9 Å². The Labute approximate surface area is 200 Å². The van der Waals surface area contributed by atoms with E-state index in [1.807, 2.05) is 19.1 Å². The molecule has 34 heavy (non-hydrogen) atoms. The first-order valence-corrected chi connectivity index (χ1v) is 12.3. The molecule has 0 bridgehead atoms. The summed E-state index contributed by atoms with van der Waals surface area (Å²) >= 11 is 1.46. The minimum atomic E-state index is -0.359. The number of aryl methyl sites for hydroxylation is 1. The van der Waals surface area contributed by atoms with E-state index < -0.39 is 0 Å². The Balaban J connectivity index is 1.22. The molecule has 0 radical (unpaired) electrons. The molecule has 2 N–H and O–H groups in total. The number of ether oxygens (including phenoxy) is 1. The average molecular weight is 485 g/mol. The number of aromatic nitrogens is 3. The van der Waals surface area contributed by atoms with Crippen LogP contribution in [0.1, 0.15) is 28.0 Å². The van der Waals surface area contributed by atoms with Crippen molar-refractivity contribution in [1.82, 2.24) is 24.8 Å². The number of nitrogens with zero attached hydrogens (tertiary/aromatic N) is 4. The fourth-order valence-electron chi connectivity index (χ4n) is 4.42. The minimum Gasteiger partial charge on any atom is -0.377 e. The van der Waals surface area contributed by atoms with Crippen LogP contribution in [0.3, 0.4) is 0 Å². The van der Waals surface area contributed by atoms with E-state index in [1.54, 1.807) is 13.0 Å². The normalized spacial score (nSPS) is 17.2. The fraction of sp³-hybridized carbons (Fsp3) is 0.478. The van der Waals surface area contributed by atoms with Crippen LogP contribution >= 0.6 is 11.3 Å². The third-order valence-electron chi connectivity index (χ3n) is 6.38. The van der Waals surface area contributed by atoms with Gasteiger partial charge in [0.1, 0.15) is 10.4 Å². The van der Waals surface area contributed by atoms with Crippen molar-refractivity contribution >= 4 is 33.1 Å². The zero-order valence-corrected chi connectivity index (χ0v) is 20.1. The third kappa shape index (κ3) is 4.38. The molecule has 0 unspecified atom stereocenters. The average Bonchev–Trinajstić information content (AvgIpc) is 3.19. The number of rotatable bonds is 6. The zero-order valence-electron chi connectivity index (χ0n) is 19.3. The number of anilines is 1. The number of pyridine rings is 1. The Kier molecular flexibility index (Phi) is 6.24. The number of piperazine rings is 1. The number of H-pyrrole nitrogens is 1. The van der Waals surface area contributed by atoms with E-state index in [9.17, 15) is 14.4 Å². The first kappa shape index (κ1) is 22.8. The standard InChI is InChI=1S/C23H28N6O4S/c1-3-29-22(31)20-18(26-23(29)32)10-16(34-20)11-27-6-8-28(9-7-27)19-5-4-17(24-14(19)2)21(30)25-15-12-33-13-15/h4-5,10,15H,3,6-9,11-13H2,1-2H3,(H,25,30)(H,26,32). The van der Waals surface area contributed by atoms with Crippen LogP contribution in [0.15, 0.2) is 27.8 Å². The molecule has 0 spiro atoms. The summed E-state index contributed by atoms with van der Waals surface area (Å²) in [5.74, 6) is -0.164. The van der Waals surface area contributed by atoms with Crippen molar-refractivity contribution in [2.45, 2.75) is 33.0 Å². The van der Waals surface area contributed by atoms with E-state index in [2.05, 4.69) is 25.1 Å². The molecule has 1 amide bonds. The smallest absolute Gasteiger partial charge is 0.328 e. The first-order chi connectivity index (χ1) is 16.4. The number of thiophene rings is 1. The molecule has 10 nitrogen and oxygen atoms in total. The van der Waals surface area contributed by atoms with Gasteiger partial charge in [-0.25, -0.2) is 9.78 Å². The summed E-state index contributed by atoms with van der Waals surface area (Å²) < 4.78 is 6.93. The van der Waals surface area contributed by atoms with Gasteiger partial charge in [-0.3, -0.25) is 19.1 Å². The maximum Gasteiger partial charge on any atom is 0.328 e. The highest BCUT2D eigenvalue weighted by Gasteiger charge is 2.24. The van der Waals surface area contributed by atoms with E-state index in [4.69, 9.17) is 4.74 Å². The number of fused-ring (bicyclic) bond motifs is 1. The first-order valence-electron chi connectivity index (χ1n) is 11.5. The number of carbonyl (C=O) groups excluding carboxylic acids is 1. The Morgan fingerprint density at radius 2 is 2.00 bits per heavy atom. The second kappa shape index (κ2) is 9.32. The van der Waals surface area contributed by atoms with Crippen LogP contribution in [-0.2, 0) is 17.8 Å². The van der Waals surface area contributed by atoms with Gasteiger partial charge in [-0.05, 0) is 32.0 Å². The van der Waals surface area contributed by atoms with E-state index in [0.717, 1.165) is 49.0 Å². The molecule has 0 aliphatic carbocycles. The van der Waals surface area contributed by atoms with E-state index in [1.165, 1.54) is 15.9 Å². The molecule has 0 atom stereocenters. The van der Waals surface area contributed by atoms with Crippen LogP contribution in [0.25, 0.3) is 10.2 Å². The summed E-state index contributed by atoms with van der Waals surface area (Å²) in [5, 5.41) is 2.92. The summed E-state index contributed by atoms with van der Waals surface area (Å²) in [6, 6.07) is 5.76. The number of amides is 1. The lowest BCUT2D eigenvalue weighted by atomic mass is 10.2. The fourth-order valence-corrected chi connectivity index (χ4v) is 5.52. The molecule has 2 saturated heterocycles. The van der Waals surface area contributed by atoms with Gasteiger partial charge in [0.15, 0.2) is 0 Å². The van der Waals surface area contributed by atoms with E-state index in [-0.39, 0.29) is 23.2 Å². The van der Waals surface area contributed by atoms with Crippen molar-refractivity contribution in [3.63, 3.8) is 0 Å². The lowest BCUT2D eigenvalue weighted by molar-refractivity contribution is -0.00355. The third-order valence-corrected chi connectivity index (χ3v) is 7.49. The molecule has 2 aliphatic heterocycles. The Morgan fingerprint density at radius 1 is 1.24 bits per heavy atom. The van der Waals surface area contributed by atoms with Crippen molar-refractivity contribution in [2.24, 2.45) is 0 Å². The largest absolute Gasteiger partial charge is 0.377 e. The van der Waals surface area contributed by atoms with Crippen molar-refractivity contribution in [3.05, 3.63) is 55.3 Å². The van der Waals surface area contributed by atoms with Crippen molar-refractivity contribution in [3.8, 4) is 0 Å². The van der Waals surface area contributed by atoms with Gasteiger partial charge in [0.05, 0.1) is 36.2 Å². The lowest BCUT2D eigenvalue weighted by Gasteiger charge is -2.36. The van der Waals surface area contributed by atoms with Crippen molar-refractivity contribution < 1.29 is 9.53 Å². The highest BCUT2D eigenvalue weighted by atomic mass is 32.1. The van der Waals surface area contributed by atoms with Gasteiger partial charge in [0, 0.05) is 44.1 Å². The molecule has 5 heterocycles. The van der Waals surface area contributed by atoms with Gasteiger partial charge in [0.25, 0.3) is 11.5 Å². The molecular weight excluding hydrogens is 456 g/mol. The molecular formula is C23H28N6O4S. The number of hydrogen-bond acceptors (Lipinski definition) is 8. The Hall–Kier alpha value is -3.02. The summed E-state index contributed by atoms with van der Waals surface area (Å²) in [6.07, 6.45) is 0. The van der Waals surface area contributed by atoms with Crippen LogP contribution in [0.4, 0.5) is 5.69 Å². The van der Waals surface area contributed by atoms with Crippen LogP contribution in [0, 0.1) is 6.92 Å². The summed E-state index contributed by atoms with van der Waals surface area (Å²) in [6.45, 7) is 9.37. The predicted molar refractivity (Wildman–Crippen MR) is 131 cm³/mol. The summed E-state index contributed by atoms with van der Waals surface area (Å²) in [4.78, 5) is 50.0. The van der Waals surface area contributed by atoms with Crippen LogP contribution in [-0.4, -0.2) is 70.8 Å². The molecule has 0 aromatic carbocycles. The van der Waals surface area contributed by atoms with Crippen LogP contribution in [0.5, 0.6) is 0 Å². The topological polar surface area (TPSA) is 113 Å². The monoisotopic (exact) mass is 484 g/mol. The Morgan fingerprint density at radius 3 is 2.65 bits per heavy atom. The summed E-state index contributed by atoms with van der Waals surface area (Å²) in [5.41, 5.74) is 2.35. The van der Waals surface area contributed by atoms with Crippen molar-refractivity contribution in [1.29, 1.82) is 0 Å². The molecule has 3 aromatic rings. The number of aromatic amines is 1. The minimum absolute atomic E-state index is 0.0798. The second-order valence-corrected chi connectivity index (χ2v) is 9.84. The molecule has 180 valence electrons.